The zero-order chi connectivity index (χ0) is 17.1. The van der Waals surface area contributed by atoms with Crippen LogP contribution in [0.5, 0.6) is 0 Å². The first-order valence-corrected chi connectivity index (χ1v) is 8.38. The molecule has 1 aliphatic rings. The van der Waals surface area contributed by atoms with Crippen LogP contribution < -0.4 is 5.32 Å². The topological polar surface area (TPSA) is 70.4 Å². The molecule has 2 aromatic rings. The average molecular weight is 328 g/mol. The highest BCUT2D eigenvalue weighted by Gasteiger charge is 2.30. The van der Waals surface area contributed by atoms with Crippen molar-refractivity contribution in [2.75, 3.05) is 13.2 Å². The van der Waals surface area contributed by atoms with Gasteiger partial charge < -0.3 is 15.3 Å². The first kappa shape index (κ1) is 16.5. The minimum Gasteiger partial charge on any atom is -0.394 e. The van der Waals surface area contributed by atoms with E-state index >= 15 is 0 Å². The van der Waals surface area contributed by atoms with Crippen molar-refractivity contribution in [1.82, 2.24) is 20.0 Å². The molecule has 0 saturated heterocycles. The Morgan fingerprint density at radius 2 is 2.21 bits per heavy atom. The van der Waals surface area contributed by atoms with E-state index in [1.807, 2.05) is 31.4 Å². The van der Waals surface area contributed by atoms with Crippen LogP contribution in [0.15, 0.2) is 30.5 Å². The predicted octanol–water partition coefficient (Wildman–Crippen LogP) is 1.78. The lowest BCUT2D eigenvalue weighted by Crippen LogP contribution is -2.46. The normalized spacial score (nSPS) is 16.8. The Morgan fingerprint density at radius 3 is 2.96 bits per heavy atom. The summed E-state index contributed by atoms with van der Waals surface area (Å²) < 4.78 is 1.77. The van der Waals surface area contributed by atoms with E-state index in [4.69, 9.17) is 0 Å². The highest BCUT2D eigenvalue weighted by atomic mass is 16.3. The number of hydrogen-bond donors (Lipinski definition) is 2. The quantitative estimate of drug-likeness (QED) is 0.899. The average Bonchev–Trinajstić information content (AvgIpc) is 2.98. The van der Waals surface area contributed by atoms with Crippen molar-refractivity contribution in [2.45, 2.75) is 32.4 Å². The third kappa shape index (κ3) is 3.14. The fourth-order valence-corrected chi connectivity index (χ4v) is 3.39. The lowest BCUT2D eigenvalue weighted by molar-refractivity contribution is 0.126. The molecule has 2 heterocycles. The molecule has 0 radical (unpaired) electrons. The van der Waals surface area contributed by atoms with Gasteiger partial charge in [-0.05, 0) is 24.0 Å². The number of carbonyl (C=O) groups excluding carboxylic acids is 1. The van der Waals surface area contributed by atoms with E-state index in [1.165, 1.54) is 5.56 Å². The van der Waals surface area contributed by atoms with Gasteiger partial charge in [0.15, 0.2) is 0 Å². The lowest BCUT2D eigenvalue weighted by Gasteiger charge is -2.36. The van der Waals surface area contributed by atoms with Crippen LogP contribution in [0.4, 0.5) is 4.79 Å². The summed E-state index contributed by atoms with van der Waals surface area (Å²) in [5, 5.41) is 17.2. The Balaban J connectivity index is 1.71. The molecule has 0 saturated carbocycles. The van der Waals surface area contributed by atoms with E-state index in [0.717, 1.165) is 29.7 Å². The third-order valence-corrected chi connectivity index (χ3v) is 4.60. The van der Waals surface area contributed by atoms with E-state index in [1.54, 1.807) is 9.58 Å². The molecule has 6 nitrogen and oxygen atoms in total. The Morgan fingerprint density at radius 1 is 1.42 bits per heavy atom. The molecule has 3 rings (SSSR count). The van der Waals surface area contributed by atoms with Crippen LogP contribution in [0.1, 0.15) is 35.3 Å². The van der Waals surface area contributed by atoms with E-state index in [9.17, 15) is 9.90 Å². The molecule has 24 heavy (non-hydrogen) atoms. The van der Waals surface area contributed by atoms with E-state index in [2.05, 4.69) is 23.4 Å². The summed E-state index contributed by atoms with van der Waals surface area (Å²) in [5.74, 6) is 0. The summed E-state index contributed by atoms with van der Waals surface area (Å²) in [6, 6.07) is 7.58. The van der Waals surface area contributed by atoms with Gasteiger partial charge in [-0.2, -0.15) is 5.10 Å². The first-order chi connectivity index (χ1) is 11.6. The van der Waals surface area contributed by atoms with Crippen molar-refractivity contribution in [2.24, 2.45) is 7.05 Å². The number of aryl methyl sites for hydroxylation is 2. The molecule has 1 aromatic carbocycles. The molecule has 0 bridgehead atoms. The summed E-state index contributed by atoms with van der Waals surface area (Å²) in [6.45, 7) is 3.04. The van der Waals surface area contributed by atoms with Crippen LogP contribution >= 0.6 is 0 Å². The zero-order valence-corrected chi connectivity index (χ0v) is 14.2. The minimum absolute atomic E-state index is 0.0719. The SMILES string of the molecule is CCc1nn(C)cc1CNC(=O)N1CCc2ccccc2C1CO. The number of urea groups is 1. The van der Waals surface area contributed by atoms with Crippen LogP contribution in [0.25, 0.3) is 0 Å². The first-order valence-electron chi connectivity index (χ1n) is 8.38. The van der Waals surface area contributed by atoms with Gasteiger partial charge in [-0.15, -0.1) is 0 Å². The molecular weight excluding hydrogens is 304 g/mol. The van der Waals surface area contributed by atoms with Gasteiger partial charge in [-0.3, -0.25) is 4.68 Å². The third-order valence-electron chi connectivity index (χ3n) is 4.60. The summed E-state index contributed by atoms with van der Waals surface area (Å²) >= 11 is 0. The van der Waals surface area contributed by atoms with Crippen molar-refractivity contribution >= 4 is 6.03 Å². The van der Waals surface area contributed by atoms with E-state index < -0.39 is 0 Å². The fourth-order valence-electron chi connectivity index (χ4n) is 3.39. The van der Waals surface area contributed by atoms with Crippen LogP contribution in [-0.4, -0.2) is 39.0 Å². The summed E-state index contributed by atoms with van der Waals surface area (Å²) in [4.78, 5) is 14.4. The number of rotatable bonds is 4. The number of aromatic nitrogens is 2. The van der Waals surface area contributed by atoms with Gasteiger partial charge in [-0.25, -0.2) is 4.79 Å². The maximum Gasteiger partial charge on any atom is 0.318 e. The van der Waals surface area contributed by atoms with Gasteiger partial charge in [0, 0.05) is 31.9 Å². The maximum atomic E-state index is 12.6. The Bertz CT molecular complexity index is 726. The van der Waals surface area contributed by atoms with Gasteiger partial charge >= 0.3 is 6.03 Å². The summed E-state index contributed by atoms with van der Waals surface area (Å²) in [5.41, 5.74) is 4.28. The van der Waals surface area contributed by atoms with Crippen LogP contribution in [0.2, 0.25) is 0 Å². The fraction of sp³-hybridized carbons (Fsp3) is 0.444. The number of aliphatic hydroxyl groups excluding tert-OH is 1. The van der Waals surface area contributed by atoms with Gasteiger partial charge in [0.05, 0.1) is 18.3 Å². The molecule has 6 heteroatoms. The molecule has 128 valence electrons. The number of benzene rings is 1. The molecule has 0 fully saturated rings. The summed E-state index contributed by atoms with van der Waals surface area (Å²) in [7, 11) is 1.88. The number of fused-ring (bicyclic) bond motifs is 1. The van der Waals surface area contributed by atoms with Crippen molar-refractivity contribution in [1.29, 1.82) is 0 Å². The number of carbonyl (C=O) groups is 1. The number of nitrogens with one attached hydrogen (secondary N) is 1. The van der Waals surface area contributed by atoms with Gasteiger partial charge in [0.1, 0.15) is 0 Å². The molecule has 2 N–H and O–H groups in total. The standard InChI is InChI=1S/C18H24N4O2/c1-3-16-14(11-21(2)20-16)10-19-18(24)22-9-8-13-6-4-5-7-15(13)17(22)12-23/h4-7,11,17,23H,3,8-10,12H2,1-2H3,(H,19,24). The number of amides is 2. The second-order valence-corrected chi connectivity index (χ2v) is 6.13. The Hall–Kier alpha value is -2.34. The lowest BCUT2D eigenvalue weighted by atomic mass is 9.93. The van der Waals surface area contributed by atoms with Crippen LogP contribution in [-0.2, 0) is 26.4 Å². The van der Waals surface area contributed by atoms with Gasteiger partial charge in [0.25, 0.3) is 0 Å². The second-order valence-electron chi connectivity index (χ2n) is 6.13. The molecule has 1 atom stereocenters. The molecule has 0 spiro atoms. The van der Waals surface area contributed by atoms with E-state index in [-0.39, 0.29) is 18.7 Å². The highest BCUT2D eigenvalue weighted by Crippen LogP contribution is 2.29. The molecule has 1 aromatic heterocycles. The molecule has 2 amide bonds. The highest BCUT2D eigenvalue weighted by molar-refractivity contribution is 5.75. The van der Waals surface area contributed by atoms with Crippen LogP contribution in [0, 0.1) is 0 Å². The Kier molecular flexibility index (Phi) is 4.85. The van der Waals surface area contributed by atoms with Crippen molar-refractivity contribution in [3.63, 3.8) is 0 Å². The van der Waals surface area contributed by atoms with Gasteiger partial charge in [-0.1, -0.05) is 31.2 Å². The largest absolute Gasteiger partial charge is 0.394 e. The van der Waals surface area contributed by atoms with Crippen molar-refractivity contribution in [3.8, 4) is 0 Å². The monoisotopic (exact) mass is 328 g/mol. The second kappa shape index (κ2) is 7.05. The van der Waals surface area contributed by atoms with Crippen molar-refractivity contribution < 1.29 is 9.90 Å². The number of hydrogen-bond acceptors (Lipinski definition) is 3. The van der Waals surface area contributed by atoms with Gasteiger partial charge in [0.2, 0.25) is 0 Å². The number of aliphatic hydroxyl groups is 1. The van der Waals surface area contributed by atoms with Crippen LogP contribution in [0.3, 0.4) is 0 Å². The zero-order valence-electron chi connectivity index (χ0n) is 14.2. The number of nitrogens with zero attached hydrogens (tertiary/aromatic N) is 3. The van der Waals surface area contributed by atoms with E-state index in [0.29, 0.717) is 13.1 Å². The predicted molar refractivity (Wildman–Crippen MR) is 91.5 cm³/mol. The Labute approximate surface area is 142 Å². The van der Waals surface area contributed by atoms with Crippen molar-refractivity contribution in [3.05, 3.63) is 52.8 Å². The smallest absolute Gasteiger partial charge is 0.318 e. The maximum absolute atomic E-state index is 12.6. The molecule has 1 unspecified atom stereocenters. The molecule has 0 aliphatic carbocycles. The molecular formula is C18H24N4O2. The summed E-state index contributed by atoms with van der Waals surface area (Å²) in [6.07, 6.45) is 3.59. The minimum atomic E-state index is -0.283. The molecule has 1 aliphatic heterocycles.